The minimum atomic E-state index is -4.12. The van der Waals surface area contributed by atoms with Crippen molar-refractivity contribution in [1.29, 1.82) is 0 Å². The summed E-state index contributed by atoms with van der Waals surface area (Å²) >= 11 is 0. The molecular weight excluding hydrogens is 427 g/mol. The molecule has 0 aliphatic carbocycles. The van der Waals surface area contributed by atoms with E-state index in [0.717, 1.165) is 37.9 Å². The van der Waals surface area contributed by atoms with Gasteiger partial charge in [0.25, 0.3) is 0 Å². The predicted molar refractivity (Wildman–Crippen MR) is 114 cm³/mol. The number of anilines is 1. The van der Waals surface area contributed by atoms with Crippen molar-refractivity contribution in [3.05, 3.63) is 57.9 Å². The van der Waals surface area contributed by atoms with Gasteiger partial charge in [-0.05, 0) is 49.9 Å². The molecular formula is C20H25FN4O5S. The van der Waals surface area contributed by atoms with Crippen LogP contribution in [0, 0.1) is 15.9 Å². The van der Waals surface area contributed by atoms with Crippen LogP contribution in [0.1, 0.15) is 18.5 Å². The highest BCUT2D eigenvalue weighted by atomic mass is 32.2. The van der Waals surface area contributed by atoms with Gasteiger partial charge in [0.2, 0.25) is 10.0 Å². The third-order valence-electron chi connectivity index (χ3n) is 5.29. The highest BCUT2D eigenvalue weighted by Gasteiger charge is 2.26. The van der Waals surface area contributed by atoms with Crippen LogP contribution >= 0.6 is 0 Å². The molecule has 31 heavy (non-hydrogen) atoms. The molecule has 0 amide bonds. The first-order chi connectivity index (χ1) is 14.6. The predicted octanol–water partition coefficient (Wildman–Crippen LogP) is 2.53. The fraction of sp³-hybridized carbons (Fsp3) is 0.400. The fourth-order valence-electron chi connectivity index (χ4n) is 3.55. The Morgan fingerprint density at radius 1 is 1.16 bits per heavy atom. The lowest BCUT2D eigenvalue weighted by Gasteiger charge is -2.36. The number of likely N-dealkylation sites (N-methyl/N-ethyl adjacent to an activating group) is 1. The normalized spacial score (nSPS) is 16.2. The van der Waals surface area contributed by atoms with Gasteiger partial charge in [0.15, 0.2) is 5.75 Å². The largest absolute Gasteiger partial charge is 0.490 e. The van der Waals surface area contributed by atoms with Crippen molar-refractivity contribution in [3.8, 4) is 5.75 Å². The van der Waals surface area contributed by atoms with Crippen molar-refractivity contribution >= 4 is 21.4 Å². The lowest BCUT2D eigenvalue weighted by atomic mass is 10.0. The molecule has 0 spiro atoms. The molecule has 0 radical (unpaired) electrons. The zero-order valence-corrected chi connectivity index (χ0v) is 18.4. The van der Waals surface area contributed by atoms with Gasteiger partial charge in [-0.3, -0.25) is 10.1 Å². The third kappa shape index (κ3) is 5.12. The van der Waals surface area contributed by atoms with E-state index in [-0.39, 0.29) is 10.6 Å². The van der Waals surface area contributed by atoms with Gasteiger partial charge in [0, 0.05) is 44.0 Å². The van der Waals surface area contributed by atoms with Gasteiger partial charge in [-0.15, -0.1) is 0 Å². The summed E-state index contributed by atoms with van der Waals surface area (Å²) in [7, 11) is -0.831. The van der Waals surface area contributed by atoms with Crippen molar-refractivity contribution in [2.24, 2.45) is 0 Å². The highest BCUT2D eigenvalue weighted by Crippen LogP contribution is 2.32. The zero-order valence-electron chi connectivity index (χ0n) is 17.5. The Labute approximate surface area is 180 Å². The minimum Gasteiger partial charge on any atom is -0.490 e. The molecule has 3 rings (SSSR count). The summed E-state index contributed by atoms with van der Waals surface area (Å²) in [6.45, 7) is 4.77. The SMILES string of the molecule is COc1ccc(S(=O)(=O)NC(C)c2cc(F)ccc2N2CCN(C)CC2)cc1[N+](=O)[O-]. The maximum atomic E-state index is 14.0. The quantitative estimate of drug-likeness (QED) is 0.508. The second kappa shape index (κ2) is 9.16. The maximum Gasteiger partial charge on any atom is 0.312 e. The Bertz CT molecular complexity index is 1070. The van der Waals surface area contributed by atoms with Gasteiger partial charge in [-0.2, -0.15) is 0 Å². The van der Waals surface area contributed by atoms with E-state index in [2.05, 4.69) is 14.5 Å². The number of benzene rings is 2. The summed E-state index contributed by atoms with van der Waals surface area (Å²) in [5.74, 6) is -0.515. The highest BCUT2D eigenvalue weighted by molar-refractivity contribution is 7.89. The lowest BCUT2D eigenvalue weighted by Crippen LogP contribution is -2.45. The Morgan fingerprint density at radius 2 is 1.84 bits per heavy atom. The van der Waals surface area contributed by atoms with Gasteiger partial charge in [0.05, 0.1) is 16.9 Å². The van der Waals surface area contributed by atoms with Crippen LogP contribution in [0.2, 0.25) is 0 Å². The molecule has 0 aromatic heterocycles. The number of hydrogen-bond acceptors (Lipinski definition) is 7. The van der Waals surface area contributed by atoms with E-state index in [9.17, 15) is 22.9 Å². The van der Waals surface area contributed by atoms with Crippen LogP contribution in [0.4, 0.5) is 15.8 Å². The van der Waals surface area contributed by atoms with Crippen LogP contribution in [-0.2, 0) is 10.0 Å². The second-order valence-corrected chi connectivity index (χ2v) is 9.14. The van der Waals surface area contributed by atoms with Gasteiger partial charge >= 0.3 is 5.69 Å². The first kappa shape index (κ1) is 22.9. The number of hydrogen-bond donors (Lipinski definition) is 1. The van der Waals surface area contributed by atoms with Gasteiger partial charge in [-0.25, -0.2) is 17.5 Å². The average Bonchev–Trinajstić information content (AvgIpc) is 2.73. The number of ether oxygens (including phenoxy) is 1. The summed E-state index contributed by atoms with van der Waals surface area (Å²) in [6, 6.07) is 6.96. The lowest BCUT2D eigenvalue weighted by molar-refractivity contribution is -0.386. The number of piperazine rings is 1. The van der Waals surface area contributed by atoms with E-state index >= 15 is 0 Å². The summed E-state index contributed by atoms with van der Waals surface area (Å²) in [6.07, 6.45) is 0. The molecule has 11 heteroatoms. The van der Waals surface area contributed by atoms with E-state index in [1.54, 1.807) is 13.0 Å². The maximum absolute atomic E-state index is 14.0. The molecule has 1 fully saturated rings. The van der Waals surface area contributed by atoms with Crippen LogP contribution in [0.3, 0.4) is 0 Å². The van der Waals surface area contributed by atoms with Crippen LogP contribution in [0.25, 0.3) is 0 Å². The summed E-state index contributed by atoms with van der Waals surface area (Å²) in [5, 5.41) is 11.2. The molecule has 1 heterocycles. The zero-order chi connectivity index (χ0) is 22.8. The van der Waals surface area contributed by atoms with E-state index in [0.29, 0.717) is 5.56 Å². The molecule has 2 aromatic rings. The monoisotopic (exact) mass is 452 g/mol. The van der Waals surface area contributed by atoms with Crippen molar-refractivity contribution < 1.29 is 22.5 Å². The second-order valence-electron chi connectivity index (χ2n) is 7.43. The number of nitrogens with one attached hydrogen (secondary N) is 1. The van der Waals surface area contributed by atoms with E-state index in [1.807, 2.05) is 7.05 Å². The standard InChI is InChI=1S/C20H25FN4O5S/c1-14(17-12-15(21)4-6-18(17)24-10-8-23(2)9-11-24)22-31(28,29)16-5-7-20(30-3)19(13-16)25(26)27/h4-7,12-14,22H,8-11H2,1-3H3. The first-order valence-electron chi connectivity index (χ1n) is 9.70. The Hall–Kier alpha value is -2.76. The van der Waals surface area contributed by atoms with Crippen molar-refractivity contribution in [1.82, 2.24) is 9.62 Å². The molecule has 0 bridgehead atoms. The molecule has 1 N–H and O–H groups in total. The molecule has 2 aromatic carbocycles. The van der Waals surface area contributed by atoms with Gasteiger partial charge in [-0.1, -0.05) is 0 Å². The molecule has 168 valence electrons. The minimum absolute atomic E-state index is 0.0421. The van der Waals surface area contributed by atoms with Crippen LogP contribution in [0.15, 0.2) is 41.3 Å². The molecule has 1 atom stereocenters. The van der Waals surface area contributed by atoms with Crippen LogP contribution in [0.5, 0.6) is 5.75 Å². The summed E-state index contributed by atoms with van der Waals surface area (Å²) in [4.78, 5) is 14.5. The van der Waals surface area contributed by atoms with Crippen LogP contribution < -0.4 is 14.4 Å². The van der Waals surface area contributed by atoms with Crippen molar-refractivity contribution in [2.75, 3.05) is 45.2 Å². The fourth-order valence-corrected chi connectivity index (χ4v) is 4.79. The van der Waals surface area contributed by atoms with Crippen molar-refractivity contribution in [2.45, 2.75) is 17.9 Å². The van der Waals surface area contributed by atoms with E-state index in [4.69, 9.17) is 4.74 Å². The van der Waals surface area contributed by atoms with Crippen LogP contribution in [-0.4, -0.2) is 58.6 Å². The Morgan fingerprint density at radius 3 is 2.45 bits per heavy atom. The van der Waals surface area contributed by atoms with E-state index < -0.39 is 32.5 Å². The number of halogens is 1. The number of rotatable bonds is 7. The molecule has 1 saturated heterocycles. The Kier molecular flexibility index (Phi) is 6.77. The number of nitrogens with zero attached hydrogens (tertiary/aromatic N) is 3. The summed E-state index contributed by atoms with van der Waals surface area (Å²) < 4.78 is 47.3. The average molecular weight is 453 g/mol. The first-order valence-corrected chi connectivity index (χ1v) is 11.2. The molecule has 0 saturated carbocycles. The molecule has 1 unspecified atom stereocenters. The number of methoxy groups -OCH3 is 1. The Balaban J connectivity index is 1.90. The van der Waals surface area contributed by atoms with E-state index in [1.165, 1.54) is 31.4 Å². The van der Waals surface area contributed by atoms with Crippen molar-refractivity contribution in [3.63, 3.8) is 0 Å². The smallest absolute Gasteiger partial charge is 0.312 e. The molecule has 1 aliphatic heterocycles. The summed E-state index contributed by atoms with van der Waals surface area (Å²) in [5.41, 5.74) is 0.795. The topological polar surface area (TPSA) is 105 Å². The number of nitro benzene ring substituents is 1. The number of sulfonamides is 1. The number of nitro groups is 1. The van der Waals surface area contributed by atoms with Gasteiger partial charge < -0.3 is 14.5 Å². The molecule has 9 nitrogen and oxygen atoms in total. The molecule has 1 aliphatic rings. The third-order valence-corrected chi connectivity index (χ3v) is 6.83. The van der Waals surface area contributed by atoms with Gasteiger partial charge in [0.1, 0.15) is 5.82 Å².